The lowest BCUT2D eigenvalue weighted by Crippen LogP contribution is -2.53. The quantitative estimate of drug-likeness (QED) is 0.756. The van der Waals surface area contributed by atoms with Crippen molar-refractivity contribution in [2.24, 2.45) is 0 Å². The predicted molar refractivity (Wildman–Crippen MR) is 112 cm³/mol. The second-order valence-corrected chi connectivity index (χ2v) is 8.47. The van der Waals surface area contributed by atoms with Crippen LogP contribution in [-0.2, 0) is 41.9 Å². The summed E-state index contributed by atoms with van der Waals surface area (Å²) in [6.45, 7) is 4.92. The lowest BCUT2D eigenvalue weighted by Gasteiger charge is -2.37. The molecule has 1 aromatic carbocycles. The average Bonchev–Trinajstić information content (AvgIpc) is 3.24. The van der Waals surface area contributed by atoms with Crippen LogP contribution >= 0.6 is 0 Å². The fourth-order valence-corrected chi connectivity index (χ4v) is 4.74. The van der Waals surface area contributed by atoms with Gasteiger partial charge in [0.05, 0.1) is 18.8 Å². The number of aromatic nitrogens is 2. The predicted octanol–water partition coefficient (Wildman–Crippen LogP) is 1.02. The fraction of sp³-hybridized carbons (Fsp3) is 0.522. The number of nitrogens with zero attached hydrogens (tertiary/aromatic N) is 4. The van der Waals surface area contributed by atoms with E-state index in [1.54, 1.807) is 10.7 Å². The molecule has 1 unspecified atom stereocenters. The van der Waals surface area contributed by atoms with Gasteiger partial charge in [0.25, 0.3) is 11.5 Å². The van der Waals surface area contributed by atoms with Gasteiger partial charge >= 0.3 is 0 Å². The monoisotopic (exact) mass is 408 g/mol. The number of rotatable bonds is 4. The molecule has 0 saturated carbocycles. The van der Waals surface area contributed by atoms with Gasteiger partial charge in [-0.25, -0.2) is 4.68 Å². The van der Waals surface area contributed by atoms with Gasteiger partial charge in [0.15, 0.2) is 0 Å². The van der Waals surface area contributed by atoms with Crippen LogP contribution in [0.1, 0.15) is 28.8 Å². The number of hydrogen-bond acceptors (Lipinski definition) is 5. The minimum absolute atomic E-state index is 0.000748. The maximum absolute atomic E-state index is 12.9. The maximum Gasteiger partial charge on any atom is 0.267 e. The Kier molecular flexibility index (Phi) is 5.39. The Morgan fingerprint density at radius 3 is 2.67 bits per heavy atom. The molecule has 7 nitrogen and oxygen atoms in total. The van der Waals surface area contributed by atoms with Crippen molar-refractivity contribution in [3.8, 4) is 0 Å². The first kappa shape index (κ1) is 19.5. The largest absolute Gasteiger partial charge is 0.363 e. The number of ether oxygens (including phenoxy) is 1. The molecule has 3 aliphatic rings. The van der Waals surface area contributed by atoms with E-state index in [2.05, 4.69) is 22.1 Å². The summed E-state index contributed by atoms with van der Waals surface area (Å²) < 4.78 is 7.46. The number of hydrogen-bond donors (Lipinski definition) is 0. The van der Waals surface area contributed by atoms with Crippen LogP contribution in [0.15, 0.2) is 35.1 Å². The Morgan fingerprint density at radius 1 is 1.03 bits per heavy atom. The highest BCUT2D eigenvalue weighted by molar-refractivity contribution is 5.81. The van der Waals surface area contributed by atoms with E-state index in [1.807, 2.05) is 17.0 Å². The summed E-state index contributed by atoms with van der Waals surface area (Å²) in [4.78, 5) is 29.4. The summed E-state index contributed by atoms with van der Waals surface area (Å²) in [7, 11) is 0. The zero-order valence-corrected chi connectivity index (χ0v) is 17.3. The summed E-state index contributed by atoms with van der Waals surface area (Å²) in [5.41, 5.74) is 4.60. The van der Waals surface area contributed by atoms with Crippen molar-refractivity contribution in [3.05, 3.63) is 63.1 Å². The van der Waals surface area contributed by atoms with Gasteiger partial charge in [-0.2, -0.15) is 5.10 Å². The van der Waals surface area contributed by atoms with Crippen LogP contribution in [0.5, 0.6) is 0 Å². The molecule has 5 rings (SSSR count). The number of carbonyl (C=O) groups excluding carboxylic acids is 1. The van der Waals surface area contributed by atoms with E-state index in [9.17, 15) is 9.59 Å². The zero-order valence-electron chi connectivity index (χ0n) is 17.3. The second kappa shape index (κ2) is 8.32. The van der Waals surface area contributed by atoms with Crippen LogP contribution in [0.3, 0.4) is 0 Å². The van der Waals surface area contributed by atoms with E-state index in [1.165, 1.54) is 11.1 Å². The van der Waals surface area contributed by atoms with Crippen LogP contribution < -0.4 is 5.56 Å². The minimum atomic E-state index is -0.374. The van der Waals surface area contributed by atoms with Crippen LogP contribution in [0, 0.1) is 0 Å². The van der Waals surface area contributed by atoms with Crippen molar-refractivity contribution in [3.63, 3.8) is 0 Å². The van der Waals surface area contributed by atoms with Gasteiger partial charge in [0, 0.05) is 45.2 Å². The van der Waals surface area contributed by atoms with Crippen molar-refractivity contribution < 1.29 is 9.53 Å². The third kappa shape index (κ3) is 3.91. The number of fused-ring (bicyclic) bond motifs is 2. The Balaban J connectivity index is 1.13. The van der Waals surface area contributed by atoms with Gasteiger partial charge in [-0.15, -0.1) is 0 Å². The van der Waals surface area contributed by atoms with Crippen molar-refractivity contribution in [1.82, 2.24) is 19.6 Å². The van der Waals surface area contributed by atoms with Crippen molar-refractivity contribution >= 4 is 5.91 Å². The van der Waals surface area contributed by atoms with Crippen LogP contribution in [-0.4, -0.2) is 64.3 Å². The molecule has 1 aliphatic carbocycles. The van der Waals surface area contributed by atoms with Gasteiger partial charge in [-0.1, -0.05) is 24.3 Å². The minimum Gasteiger partial charge on any atom is -0.363 e. The number of aryl methyl sites for hydroxylation is 2. The highest BCUT2D eigenvalue weighted by Gasteiger charge is 2.31. The van der Waals surface area contributed by atoms with Crippen molar-refractivity contribution in [2.45, 2.75) is 44.9 Å². The molecular formula is C23H28N4O3. The Hall–Kier alpha value is -2.51. The summed E-state index contributed by atoms with van der Waals surface area (Å²) in [6, 6.07) is 9.94. The van der Waals surface area contributed by atoms with Crippen LogP contribution in [0.4, 0.5) is 0 Å². The van der Waals surface area contributed by atoms with E-state index in [0.717, 1.165) is 50.2 Å². The number of benzene rings is 1. The first-order chi connectivity index (χ1) is 14.7. The molecule has 1 aromatic heterocycles. The molecule has 1 atom stereocenters. The number of amides is 1. The molecular weight excluding hydrogens is 380 g/mol. The lowest BCUT2D eigenvalue weighted by atomic mass is 9.98. The molecule has 0 N–H and O–H groups in total. The van der Waals surface area contributed by atoms with Gasteiger partial charge in [0.2, 0.25) is 0 Å². The molecule has 7 heteroatoms. The molecule has 30 heavy (non-hydrogen) atoms. The van der Waals surface area contributed by atoms with Gasteiger partial charge in [-0.05, 0) is 36.0 Å². The van der Waals surface area contributed by atoms with Crippen molar-refractivity contribution in [1.29, 1.82) is 0 Å². The van der Waals surface area contributed by atoms with Gasteiger partial charge < -0.3 is 9.64 Å². The molecule has 3 heterocycles. The Labute approximate surface area is 176 Å². The lowest BCUT2D eigenvalue weighted by molar-refractivity contribution is -0.147. The van der Waals surface area contributed by atoms with E-state index in [-0.39, 0.29) is 17.6 Å². The molecule has 1 saturated heterocycles. The molecule has 2 aromatic rings. The third-order valence-corrected chi connectivity index (χ3v) is 6.58. The average molecular weight is 409 g/mol. The molecule has 1 fully saturated rings. The number of carbonyl (C=O) groups is 1. The highest BCUT2D eigenvalue weighted by Crippen LogP contribution is 2.22. The molecule has 0 spiro atoms. The SMILES string of the molecule is O=C(C1Cc2ccccc2CO1)N1CCN(CCn2nc3c(cc2=O)CCC3)CC1. The summed E-state index contributed by atoms with van der Waals surface area (Å²) in [6.07, 6.45) is 3.33. The standard InChI is InChI=1S/C23H28N4O3/c28-22-15-18-6-3-7-20(18)24-27(22)13-10-25-8-11-26(12-9-25)23(29)21-14-17-4-1-2-5-19(17)16-30-21/h1-2,4-5,15,21H,3,6-14,16H2. The molecule has 2 aliphatic heterocycles. The normalized spacial score (nSPS) is 21.3. The fourth-order valence-electron chi connectivity index (χ4n) is 4.74. The number of piperazine rings is 1. The topological polar surface area (TPSA) is 67.7 Å². The Morgan fingerprint density at radius 2 is 1.83 bits per heavy atom. The maximum atomic E-state index is 12.9. The summed E-state index contributed by atoms with van der Waals surface area (Å²) in [5, 5.41) is 4.56. The van der Waals surface area contributed by atoms with E-state index in [0.29, 0.717) is 32.7 Å². The second-order valence-electron chi connectivity index (χ2n) is 8.47. The van der Waals surface area contributed by atoms with Crippen LogP contribution in [0.2, 0.25) is 0 Å². The molecule has 158 valence electrons. The third-order valence-electron chi connectivity index (χ3n) is 6.58. The first-order valence-electron chi connectivity index (χ1n) is 11.0. The smallest absolute Gasteiger partial charge is 0.267 e. The summed E-state index contributed by atoms with van der Waals surface area (Å²) in [5.74, 6) is 0.0978. The summed E-state index contributed by atoms with van der Waals surface area (Å²) >= 11 is 0. The molecule has 1 amide bonds. The first-order valence-corrected chi connectivity index (χ1v) is 11.0. The molecule has 0 bridgehead atoms. The zero-order chi connectivity index (χ0) is 20.5. The van der Waals surface area contributed by atoms with Gasteiger partial charge in [0.1, 0.15) is 6.10 Å². The van der Waals surface area contributed by atoms with E-state index >= 15 is 0 Å². The molecule has 0 radical (unpaired) electrons. The highest BCUT2D eigenvalue weighted by atomic mass is 16.5. The van der Waals surface area contributed by atoms with Gasteiger partial charge in [-0.3, -0.25) is 14.5 Å². The Bertz CT molecular complexity index is 994. The van der Waals surface area contributed by atoms with E-state index in [4.69, 9.17) is 4.74 Å². The van der Waals surface area contributed by atoms with Crippen molar-refractivity contribution in [2.75, 3.05) is 32.7 Å². The van der Waals surface area contributed by atoms with Crippen LogP contribution in [0.25, 0.3) is 0 Å². The van der Waals surface area contributed by atoms with E-state index < -0.39 is 0 Å².